The summed E-state index contributed by atoms with van der Waals surface area (Å²) in [5, 5.41) is 6.71. The third-order valence-electron chi connectivity index (χ3n) is 3.16. The van der Waals surface area contributed by atoms with Gasteiger partial charge in [-0.25, -0.2) is 0 Å². The molecular weight excluding hydrogens is 300 g/mol. The van der Waals surface area contributed by atoms with Gasteiger partial charge in [0.25, 0.3) is 0 Å². The molecule has 22 heavy (non-hydrogen) atoms. The van der Waals surface area contributed by atoms with Crippen LogP contribution in [0.15, 0.2) is 42.5 Å². The van der Waals surface area contributed by atoms with Crippen LogP contribution in [0.1, 0.15) is 0 Å². The first-order chi connectivity index (χ1) is 10.8. The number of fused-ring (bicyclic) bond motifs is 1. The first kappa shape index (κ1) is 14.5. The summed E-state index contributed by atoms with van der Waals surface area (Å²) in [7, 11) is 1.62. The lowest BCUT2D eigenvalue weighted by atomic mass is 10.2. The van der Waals surface area contributed by atoms with Crippen molar-refractivity contribution in [3.63, 3.8) is 0 Å². The highest BCUT2D eigenvalue weighted by molar-refractivity contribution is 7.80. The van der Waals surface area contributed by atoms with E-state index in [2.05, 4.69) is 10.6 Å². The van der Waals surface area contributed by atoms with Crippen LogP contribution in [0.5, 0.6) is 17.2 Å². The van der Waals surface area contributed by atoms with Crippen molar-refractivity contribution in [1.29, 1.82) is 0 Å². The maximum absolute atomic E-state index is 5.55. The molecule has 1 heterocycles. The van der Waals surface area contributed by atoms with Gasteiger partial charge < -0.3 is 24.8 Å². The van der Waals surface area contributed by atoms with Crippen molar-refractivity contribution in [3.8, 4) is 17.2 Å². The molecule has 1 aliphatic rings. The maximum atomic E-state index is 5.55. The fraction of sp³-hybridized carbons (Fsp3) is 0.188. The lowest BCUT2D eigenvalue weighted by molar-refractivity contribution is 0.171. The minimum Gasteiger partial charge on any atom is -0.495 e. The number of hydrogen-bond donors (Lipinski definition) is 2. The van der Waals surface area contributed by atoms with Gasteiger partial charge in [-0.05, 0) is 36.5 Å². The van der Waals surface area contributed by atoms with Gasteiger partial charge >= 0.3 is 0 Å². The average molecular weight is 316 g/mol. The number of thiocarbonyl (C=S) groups is 1. The van der Waals surface area contributed by atoms with E-state index in [1.165, 1.54) is 0 Å². The Hall–Kier alpha value is -2.47. The molecule has 0 unspecified atom stereocenters. The van der Waals surface area contributed by atoms with Crippen molar-refractivity contribution >= 4 is 28.7 Å². The number of benzene rings is 2. The van der Waals surface area contributed by atoms with Crippen LogP contribution in [0.2, 0.25) is 0 Å². The Morgan fingerprint density at radius 1 is 1.05 bits per heavy atom. The van der Waals surface area contributed by atoms with Crippen molar-refractivity contribution in [3.05, 3.63) is 42.5 Å². The van der Waals surface area contributed by atoms with Crippen molar-refractivity contribution in [2.24, 2.45) is 0 Å². The molecule has 0 fully saturated rings. The second kappa shape index (κ2) is 6.53. The zero-order valence-electron chi connectivity index (χ0n) is 12.1. The number of ether oxygens (including phenoxy) is 3. The molecule has 0 bridgehead atoms. The molecule has 2 aromatic rings. The largest absolute Gasteiger partial charge is 0.495 e. The molecule has 0 aromatic heterocycles. The molecule has 5 nitrogen and oxygen atoms in total. The van der Waals surface area contributed by atoms with Gasteiger partial charge in [0.2, 0.25) is 0 Å². The molecule has 2 N–H and O–H groups in total. The molecule has 0 aliphatic carbocycles. The van der Waals surface area contributed by atoms with Crippen molar-refractivity contribution < 1.29 is 14.2 Å². The van der Waals surface area contributed by atoms with E-state index in [4.69, 9.17) is 26.4 Å². The van der Waals surface area contributed by atoms with Crippen molar-refractivity contribution in [1.82, 2.24) is 0 Å². The van der Waals surface area contributed by atoms with E-state index in [1.54, 1.807) is 7.11 Å². The Balaban J connectivity index is 1.69. The fourth-order valence-corrected chi connectivity index (χ4v) is 2.38. The third-order valence-corrected chi connectivity index (χ3v) is 3.36. The number of anilines is 2. The Morgan fingerprint density at radius 2 is 1.82 bits per heavy atom. The molecule has 0 amide bonds. The Kier molecular flexibility index (Phi) is 4.29. The molecule has 2 aromatic carbocycles. The van der Waals surface area contributed by atoms with Crippen molar-refractivity contribution in [2.75, 3.05) is 31.0 Å². The first-order valence-electron chi connectivity index (χ1n) is 6.87. The quantitative estimate of drug-likeness (QED) is 0.848. The van der Waals surface area contributed by atoms with Gasteiger partial charge in [-0.3, -0.25) is 0 Å². The SMILES string of the molecule is COc1ccccc1NC(=S)Nc1ccc2c(c1)OCCO2. The monoisotopic (exact) mass is 316 g/mol. The van der Waals surface area contributed by atoms with E-state index >= 15 is 0 Å². The molecule has 0 radical (unpaired) electrons. The van der Waals surface area contributed by atoms with Crippen LogP contribution in [-0.2, 0) is 0 Å². The van der Waals surface area contributed by atoms with E-state index in [0.717, 1.165) is 28.6 Å². The number of rotatable bonds is 3. The number of para-hydroxylation sites is 2. The second-order valence-corrected chi connectivity index (χ2v) is 5.05. The van der Waals surface area contributed by atoms with Gasteiger partial charge in [-0.1, -0.05) is 12.1 Å². The van der Waals surface area contributed by atoms with Gasteiger partial charge in [0.1, 0.15) is 19.0 Å². The normalized spacial score (nSPS) is 12.4. The van der Waals surface area contributed by atoms with Gasteiger partial charge in [0.05, 0.1) is 12.8 Å². The minimum atomic E-state index is 0.473. The highest BCUT2D eigenvalue weighted by Gasteiger charge is 2.12. The Morgan fingerprint density at radius 3 is 2.64 bits per heavy atom. The topological polar surface area (TPSA) is 51.8 Å². The summed E-state index contributed by atoms with van der Waals surface area (Å²) in [5.74, 6) is 2.20. The molecule has 3 rings (SSSR count). The number of methoxy groups -OCH3 is 1. The Labute approximate surface area is 134 Å². The summed E-state index contributed by atoms with van der Waals surface area (Å²) >= 11 is 5.33. The highest BCUT2D eigenvalue weighted by atomic mass is 32.1. The van der Waals surface area contributed by atoms with Crippen LogP contribution in [-0.4, -0.2) is 25.4 Å². The van der Waals surface area contributed by atoms with Crippen LogP contribution in [0, 0.1) is 0 Å². The highest BCUT2D eigenvalue weighted by Crippen LogP contribution is 2.32. The van der Waals surface area contributed by atoms with Crippen LogP contribution < -0.4 is 24.8 Å². The third kappa shape index (κ3) is 3.23. The summed E-state index contributed by atoms with van der Waals surface area (Å²) in [6, 6.07) is 13.2. The molecule has 6 heteroatoms. The molecule has 0 saturated heterocycles. The van der Waals surface area contributed by atoms with E-state index in [0.29, 0.717) is 18.3 Å². The first-order valence-corrected chi connectivity index (χ1v) is 7.28. The smallest absolute Gasteiger partial charge is 0.175 e. The lowest BCUT2D eigenvalue weighted by Crippen LogP contribution is -2.20. The van der Waals surface area contributed by atoms with E-state index < -0.39 is 0 Å². The molecular formula is C16H16N2O3S. The summed E-state index contributed by atoms with van der Waals surface area (Å²) in [5.41, 5.74) is 1.64. The molecule has 114 valence electrons. The van der Waals surface area contributed by atoms with Gasteiger partial charge in [-0.2, -0.15) is 0 Å². The van der Waals surface area contributed by atoms with Crippen LogP contribution in [0.3, 0.4) is 0 Å². The number of hydrogen-bond acceptors (Lipinski definition) is 4. The van der Waals surface area contributed by atoms with E-state index in [-0.39, 0.29) is 0 Å². The average Bonchev–Trinajstić information content (AvgIpc) is 2.55. The van der Waals surface area contributed by atoms with Crippen LogP contribution in [0.4, 0.5) is 11.4 Å². The van der Waals surface area contributed by atoms with Gasteiger partial charge in [0, 0.05) is 11.8 Å². The summed E-state index contributed by atoms with van der Waals surface area (Å²) < 4.78 is 16.3. The van der Waals surface area contributed by atoms with E-state index in [9.17, 15) is 0 Å². The molecule has 0 saturated carbocycles. The zero-order valence-corrected chi connectivity index (χ0v) is 12.9. The van der Waals surface area contributed by atoms with Crippen LogP contribution in [0.25, 0.3) is 0 Å². The van der Waals surface area contributed by atoms with Gasteiger partial charge in [-0.15, -0.1) is 0 Å². The Bertz CT molecular complexity index is 691. The summed E-state index contributed by atoms with van der Waals surface area (Å²) in [6.07, 6.45) is 0. The second-order valence-electron chi connectivity index (χ2n) is 4.64. The zero-order chi connectivity index (χ0) is 15.4. The molecule has 1 aliphatic heterocycles. The standard InChI is InChI=1S/C16H16N2O3S/c1-19-13-5-3-2-4-12(13)18-16(22)17-11-6-7-14-15(10-11)21-9-8-20-14/h2-7,10H,8-9H2,1H3,(H2,17,18,22). The minimum absolute atomic E-state index is 0.473. The van der Waals surface area contributed by atoms with Crippen molar-refractivity contribution in [2.45, 2.75) is 0 Å². The lowest BCUT2D eigenvalue weighted by Gasteiger charge is -2.19. The van der Waals surface area contributed by atoms with E-state index in [1.807, 2.05) is 42.5 Å². The maximum Gasteiger partial charge on any atom is 0.175 e. The van der Waals surface area contributed by atoms with Gasteiger partial charge in [0.15, 0.2) is 16.6 Å². The summed E-state index contributed by atoms with van der Waals surface area (Å²) in [4.78, 5) is 0. The molecule has 0 spiro atoms. The fourth-order valence-electron chi connectivity index (χ4n) is 2.15. The predicted molar refractivity (Wildman–Crippen MR) is 90.3 cm³/mol. The van der Waals surface area contributed by atoms with Crippen LogP contribution >= 0.6 is 12.2 Å². The molecule has 0 atom stereocenters. The number of nitrogens with one attached hydrogen (secondary N) is 2. The predicted octanol–water partition coefficient (Wildman–Crippen LogP) is 3.28. The summed E-state index contributed by atoms with van der Waals surface area (Å²) in [6.45, 7) is 1.13.